The van der Waals surface area contributed by atoms with Gasteiger partial charge in [0.2, 0.25) is 5.91 Å². The number of nitrogens with one attached hydrogen (secondary N) is 2. The van der Waals surface area contributed by atoms with Gasteiger partial charge < -0.3 is 20.1 Å². The van der Waals surface area contributed by atoms with E-state index in [2.05, 4.69) is 10.6 Å². The number of ether oxygens (including phenoxy) is 2. The fraction of sp³-hybridized carbons (Fsp3) is 0.250. The van der Waals surface area contributed by atoms with E-state index in [1.165, 1.54) is 0 Å². The molecule has 0 aliphatic rings. The van der Waals surface area contributed by atoms with Gasteiger partial charge in [0.05, 0.1) is 24.6 Å². The number of carbonyl (C=O) groups is 2. The van der Waals surface area contributed by atoms with Crippen LogP contribution in [0.2, 0.25) is 0 Å². The second kappa shape index (κ2) is 11.2. The molecule has 2 N–H and O–H groups in total. The van der Waals surface area contributed by atoms with E-state index in [-0.39, 0.29) is 11.8 Å². The second-order valence-corrected chi connectivity index (χ2v) is 7.69. The van der Waals surface area contributed by atoms with Crippen LogP contribution in [0.5, 0.6) is 11.5 Å². The van der Waals surface area contributed by atoms with Crippen LogP contribution < -0.4 is 20.1 Å². The van der Waals surface area contributed by atoms with E-state index in [4.69, 9.17) is 9.47 Å². The largest absolute Gasteiger partial charge is 0.492 e. The number of carbonyl (C=O) groups excluding carboxylic acids is 2. The lowest BCUT2D eigenvalue weighted by Gasteiger charge is -2.18. The van der Waals surface area contributed by atoms with Gasteiger partial charge in [0.25, 0.3) is 5.91 Å². The fourth-order valence-electron chi connectivity index (χ4n) is 2.99. The van der Waals surface area contributed by atoms with Gasteiger partial charge in [-0.25, -0.2) is 0 Å². The third-order valence-electron chi connectivity index (χ3n) is 4.42. The Morgan fingerprint density at radius 1 is 0.871 bits per heavy atom. The van der Waals surface area contributed by atoms with Crippen molar-refractivity contribution in [3.05, 3.63) is 70.4 Å². The minimum absolute atomic E-state index is 0.113. The molecule has 2 amide bonds. The first-order chi connectivity index (χ1) is 15.1. The molecule has 0 saturated heterocycles. The van der Waals surface area contributed by atoms with Crippen molar-refractivity contribution in [2.75, 3.05) is 23.8 Å². The monoisotopic (exact) mass is 438 g/mol. The van der Waals surface area contributed by atoms with Gasteiger partial charge in [-0.15, -0.1) is 11.3 Å². The van der Waals surface area contributed by atoms with Crippen LogP contribution in [0.25, 0.3) is 0 Å². The molecule has 0 spiro atoms. The van der Waals surface area contributed by atoms with E-state index in [0.29, 0.717) is 54.5 Å². The van der Waals surface area contributed by atoms with Gasteiger partial charge in [-0.2, -0.15) is 0 Å². The first-order valence-electron chi connectivity index (χ1n) is 10.2. The molecule has 0 unspecified atom stereocenters. The van der Waals surface area contributed by atoms with E-state index < -0.39 is 0 Å². The normalized spacial score (nSPS) is 10.4. The zero-order valence-corrected chi connectivity index (χ0v) is 18.5. The average molecular weight is 439 g/mol. The molecule has 0 aliphatic carbocycles. The maximum absolute atomic E-state index is 12.6. The summed E-state index contributed by atoms with van der Waals surface area (Å²) < 4.78 is 11.5. The number of hydrogen-bond donors (Lipinski definition) is 2. The Hall–Kier alpha value is -3.32. The summed E-state index contributed by atoms with van der Waals surface area (Å²) in [6.45, 7) is 4.55. The summed E-state index contributed by atoms with van der Waals surface area (Å²) in [5, 5.41) is 7.79. The minimum atomic E-state index is -0.253. The lowest BCUT2D eigenvalue weighted by molar-refractivity contribution is -0.116. The SMILES string of the molecule is CCOc1cc(NC(=O)c2ccccc2)c(OCC)cc1NC(=O)CCc1cccs1. The molecule has 162 valence electrons. The Labute approximate surface area is 186 Å². The van der Waals surface area contributed by atoms with Crippen LogP contribution in [0, 0.1) is 0 Å². The minimum Gasteiger partial charge on any atom is -0.492 e. The van der Waals surface area contributed by atoms with Gasteiger partial charge in [0.1, 0.15) is 11.5 Å². The lowest BCUT2D eigenvalue weighted by Crippen LogP contribution is -2.16. The zero-order valence-electron chi connectivity index (χ0n) is 17.6. The summed E-state index contributed by atoms with van der Waals surface area (Å²) >= 11 is 1.63. The van der Waals surface area contributed by atoms with Gasteiger partial charge in [-0.3, -0.25) is 9.59 Å². The van der Waals surface area contributed by atoms with Crippen molar-refractivity contribution in [3.63, 3.8) is 0 Å². The number of amides is 2. The third kappa shape index (κ3) is 6.33. The summed E-state index contributed by atoms with van der Waals surface area (Å²) in [4.78, 5) is 26.3. The number of benzene rings is 2. The van der Waals surface area contributed by atoms with Crippen LogP contribution in [0.4, 0.5) is 11.4 Å². The van der Waals surface area contributed by atoms with Gasteiger partial charge in [0, 0.05) is 29.0 Å². The van der Waals surface area contributed by atoms with E-state index in [0.717, 1.165) is 4.88 Å². The molecule has 0 bridgehead atoms. The Balaban J connectivity index is 1.81. The highest BCUT2D eigenvalue weighted by molar-refractivity contribution is 7.09. The van der Waals surface area contributed by atoms with Gasteiger partial charge in [0.15, 0.2) is 0 Å². The Morgan fingerprint density at radius 3 is 2.10 bits per heavy atom. The molecule has 0 radical (unpaired) electrons. The quantitative estimate of drug-likeness (QED) is 0.446. The number of hydrogen-bond acceptors (Lipinski definition) is 5. The van der Waals surface area contributed by atoms with Crippen molar-refractivity contribution < 1.29 is 19.1 Å². The first-order valence-corrected chi connectivity index (χ1v) is 11.1. The molecule has 7 heteroatoms. The molecule has 2 aromatic carbocycles. The van der Waals surface area contributed by atoms with Gasteiger partial charge in [-0.1, -0.05) is 24.3 Å². The van der Waals surface area contributed by atoms with E-state index >= 15 is 0 Å². The first kappa shape index (κ1) is 22.4. The highest BCUT2D eigenvalue weighted by Gasteiger charge is 2.17. The van der Waals surface area contributed by atoms with Crippen LogP contribution in [0.1, 0.15) is 35.5 Å². The Kier molecular flexibility index (Phi) is 8.06. The Bertz CT molecular complexity index is 1000. The molecule has 0 fully saturated rings. The molecular weight excluding hydrogens is 412 g/mol. The molecule has 1 heterocycles. The Morgan fingerprint density at radius 2 is 1.52 bits per heavy atom. The topological polar surface area (TPSA) is 76.7 Å². The van der Waals surface area contributed by atoms with Crippen molar-refractivity contribution in [2.24, 2.45) is 0 Å². The standard InChI is InChI=1S/C24H26N2O4S/c1-3-29-21-16-20(26-24(28)17-9-6-5-7-10-17)22(30-4-2)15-19(21)25-23(27)13-12-18-11-8-14-31-18/h5-11,14-16H,3-4,12-13H2,1-2H3,(H,25,27)(H,26,28). The van der Waals surface area contributed by atoms with E-state index in [9.17, 15) is 9.59 Å². The molecule has 0 saturated carbocycles. The predicted molar refractivity (Wildman–Crippen MR) is 124 cm³/mol. The smallest absolute Gasteiger partial charge is 0.255 e. The van der Waals surface area contributed by atoms with Crippen LogP contribution in [0.15, 0.2) is 60.0 Å². The number of anilines is 2. The maximum atomic E-state index is 12.6. The lowest BCUT2D eigenvalue weighted by atomic mass is 10.2. The predicted octanol–water partition coefficient (Wildman–Crippen LogP) is 5.37. The van der Waals surface area contributed by atoms with Crippen molar-refractivity contribution in [2.45, 2.75) is 26.7 Å². The third-order valence-corrected chi connectivity index (χ3v) is 5.35. The van der Waals surface area contributed by atoms with Crippen LogP contribution in [0.3, 0.4) is 0 Å². The molecule has 1 aromatic heterocycles. The fourth-order valence-corrected chi connectivity index (χ4v) is 3.70. The van der Waals surface area contributed by atoms with E-state index in [1.807, 2.05) is 37.4 Å². The summed E-state index contributed by atoms with van der Waals surface area (Å²) in [5.74, 6) is 0.567. The van der Waals surface area contributed by atoms with Crippen molar-refractivity contribution >= 4 is 34.5 Å². The van der Waals surface area contributed by atoms with Crippen molar-refractivity contribution in [3.8, 4) is 11.5 Å². The number of rotatable bonds is 10. The van der Waals surface area contributed by atoms with Crippen molar-refractivity contribution in [1.29, 1.82) is 0 Å². The molecule has 3 aromatic rings. The second-order valence-electron chi connectivity index (χ2n) is 6.66. The maximum Gasteiger partial charge on any atom is 0.255 e. The molecule has 31 heavy (non-hydrogen) atoms. The number of thiophene rings is 1. The van der Waals surface area contributed by atoms with Crippen molar-refractivity contribution in [1.82, 2.24) is 0 Å². The zero-order chi connectivity index (χ0) is 22.1. The summed E-state index contributed by atoms with van der Waals surface area (Å²) in [7, 11) is 0. The average Bonchev–Trinajstić information content (AvgIpc) is 3.30. The molecule has 6 nitrogen and oxygen atoms in total. The van der Waals surface area contributed by atoms with Crippen LogP contribution >= 0.6 is 11.3 Å². The summed E-state index contributed by atoms with van der Waals surface area (Å²) in [5.41, 5.74) is 1.53. The molecule has 0 aliphatic heterocycles. The van der Waals surface area contributed by atoms with Crippen LogP contribution in [-0.4, -0.2) is 25.0 Å². The molecule has 3 rings (SSSR count). The summed E-state index contributed by atoms with van der Waals surface area (Å²) in [6.07, 6.45) is 1.04. The van der Waals surface area contributed by atoms with E-state index in [1.54, 1.807) is 47.7 Å². The number of aryl methyl sites for hydroxylation is 1. The highest BCUT2D eigenvalue weighted by Crippen LogP contribution is 2.37. The van der Waals surface area contributed by atoms with Gasteiger partial charge in [-0.05, 0) is 43.8 Å². The van der Waals surface area contributed by atoms with Crippen LogP contribution in [-0.2, 0) is 11.2 Å². The highest BCUT2D eigenvalue weighted by atomic mass is 32.1. The van der Waals surface area contributed by atoms with Gasteiger partial charge >= 0.3 is 0 Å². The molecule has 0 atom stereocenters. The summed E-state index contributed by atoms with van der Waals surface area (Å²) in [6, 6.07) is 16.3. The molecular formula is C24H26N2O4S.